The Morgan fingerprint density at radius 3 is 2.33 bits per heavy atom. The summed E-state index contributed by atoms with van der Waals surface area (Å²) in [6.07, 6.45) is 10.3. The molecule has 0 radical (unpaired) electrons. The summed E-state index contributed by atoms with van der Waals surface area (Å²) in [6.45, 7) is 0.811. The molecule has 0 spiro atoms. The van der Waals surface area contributed by atoms with E-state index in [-0.39, 0.29) is 0 Å². The third kappa shape index (κ3) is 4.13. The van der Waals surface area contributed by atoms with E-state index >= 15 is 0 Å². The smallest absolute Gasteiger partial charge is 0.160 e. The summed E-state index contributed by atoms with van der Waals surface area (Å²) in [5.74, 6) is 1.63. The van der Waals surface area contributed by atoms with E-state index < -0.39 is 0 Å². The Morgan fingerprint density at radius 1 is 1.00 bits per heavy atom. The molecule has 0 heterocycles. The van der Waals surface area contributed by atoms with E-state index in [1.54, 1.807) is 14.2 Å². The van der Waals surface area contributed by atoms with E-state index in [2.05, 4.69) is 12.1 Å². The van der Waals surface area contributed by atoms with Crippen molar-refractivity contribution >= 4 is 0 Å². The van der Waals surface area contributed by atoms with Gasteiger partial charge in [-0.2, -0.15) is 0 Å². The SMILES string of the molecule is COc1ccc(CCC2(CCN)CCCCC2)cc1OC. The standard InChI is InChI=1S/C18H29NO2/c1-20-16-7-6-15(14-17(16)21-2)8-11-18(12-13-19)9-4-3-5-10-18/h6-7,14H,3-5,8-13,19H2,1-2H3. The summed E-state index contributed by atoms with van der Waals surface area (Å²) in [5, 5.41) is 0. The monoisotopic (exact) mass is 291 g/mol. The van der Waals surface area contributed by atoms with Crippen LogP contribution < -0.4 is 15.2 Å². The van der Waals surface area contributed by atoms with Gasteiger partial charge in [-0.05, 0) is 61.8 Å². The number of methoxy groups -OCH3 is 2. The van der Waals surface area contributed by atoms with Crippen LogP contribution in [0.2, 0.25) is 0 Å². The Kier molecular flexibility index (Phi) is 5.92. The maximum Gasteiger partial charge on any atom is 0.160 e. The van der Waals surface area contributed by atoms with Crippen LogP contribution in [0.5, 0.6) is 11.5 Å². The quantitative estimate of drug-likeness (QED) is 0.827. The fourth-order valence-corrected chi connectivity index (χ4v) is 3.68. The van der Waals surface area contributed by atoms with Gasteiger partial charge < -0.3 is 15.2 Å². The molecule has 0 bridgehead atoms. The van der Waals surface area contributed by atoms with Gasteiger partial charge in [0.15, 0.2) is 11.5 Å². The molecule has 0 saturated heterocycles. The predicted molar refractivity (Wildman–Crippen MR) is 87.1 cm³/mol. The molecular weight excluding hydrogens is 262 g/mol. The fourth-order valence-electron chi connectivity index (χ4n) is 3.68. The summed E-state index contributed by atoms with van der Waals surface area (Å²) >= 11 is 0. The van der Waals surface area contributed by atoms with Crippen molar-refractivity contribution in [1.29, 1.82) is 0 Å². The van der Waals surface area contributed by atoms with E-state index in [4.69, 9.17) is 15.2 Å². The van der Waals surface area contributed by atoms with Gasteiger partial charge in [-0.3, -0.25) is 0 Å². The highest BCUT2D eigenvalue weighted by atomic mass is 16.5. The van der Waals surface area contributed by atoms with E-state index in [1.165, 1.54) is 50.5 Å². The number of hydrogen-bond acceptors (Lipinski definition) is 3. The van der Waals surface area contributed by atoms with E-state index in [9.17, 15) is 0 Å². The first-order valence-corrected chi connectivity index (χ1v) is 8.14. The van der Waals surface area contributed by atoms with Gasteiger partial charge in [0.25, 0.3) is 0 Å². The summed E-state index contributed by atoms with van der Waals surface area (Å²) in [6, 6.07) is 6.27. The molecule has 0 atom stereocenters. The molecule has 0 aromatic heterocycles. The Morgan fingerprint density at radius 2 is 1.71 bits per heavy atom. The normalized spacial score (nSPS) is 17.5. The maximum atomic E-state index is 5.86. The van der Waals surface area contributed by atoms with Crippen molar-refractivity contribution in [2.75, 3.05) is 20.8 Å². The predicted octanol–water partition coefficient (Wildman–Crippen LogP) is 3.94. The van der Waals surface area contributed by atoms with Crippen LogP contribution in [-0.2, 0) is 6.42 Å². The van der Waals surface area contributed by atoms with Crippen molar-refractivity contribution in [3.63, 3.8) is 0 Å². The fraction of sp³-hybridized carbons (Fsp3) is 0.667. The molecule has 21 heavy (non-hydrogen) atoms. The lowest BCUT2D eigenvalue weighted by Crippen LogP contribution is -2.28. The van der Waals surface area contributed by atoms with Crippen molar-refractivity contribution in [3.05, 3.63) is 23.8 Å². The molecule has 118 valence electrons. The van der Waals surface area contributed by atoms with Crippen LogP contribution in [0.3, 0.4) is 0 Å². The molecule has 2 N–H and O–H groups in total. The summed E-state index contributed by atoms with van der Waals surface area (Å²) in [4.78, 5) is 0. The molecule has 3 heteroatoms. The van der Waals surface area contributed by atoms with Crippen molar-refractivity contribution in [1.82, 2.24) is 0 Å². The maximum absolute atomic E-state index is 5.86. The first-order chi connectivity index (χ1) is 10.2. The number of nitrogens with two attached hydrogens (primary N) is 1. The van der Waals surface area contributed by atoms with Gasteiger partial charge in [0, 0.05) is 0 Å². The van der Waals surface area contributed by atoms with Crippen LogP contribution in [0.15, 0.2) is 18.2 Å². The van der Waals surface area contributed by atoms with Crippen molar-refractivity contribution in [2.45, 2.75) is 51.4 Å². The van der Waals surface area contributed by atoms with Gasteiger partial charge in [-0.15, -0.1) is 0 Å². The first kappa shape index (κ1) is 16.2. The molecule has 1 aliphatic rings. The minimum atomic E-state index is 0.472. The Labute approximate surface area is 128 Å². The minimum Gasteiger partial charge on any atom is -0.493 e. The summed E-state index contributed by atoms with van der Waals surface area (Å²) in [5.41, 5.74) is 7.66. The van der Waals surface area contributed by atoms with Crippen LogP contribution in [0.1, 0.15) is 50.5 Å². The third-order valence-corrected chi connectivity index (χ3v) is 4.98. The molecule has 1 saturated carbocycles. The number of hydrogen-bond donors (Lipinski definition) is 1. The zero-order valence-electron chi connectivity index (χ0n) is 13.5. The Balaban J connectivity index is 2.03. The van der Waals surface area contributed by atoms with E-state index in [0.29, 0.717) is 5.41 Å². The lowest BCUT2D eigenvalue weighted by atomic mass is 9.68. The Hall–Kier alpha value is -1.22. The van der Waals surface area contributed by atoms with Gasteiger partial charge in [0.1, 0.15) is 0 Å². The second-order valence-electron chi connectivity index (χ2n) is 6.29. The van der Waals surface area contributed by atoms with Crippen molar-refractivity contribution in [2.24, 2.45) is 11.1 Å². The van der Waals surface area contributed by atoms with Crippen LogP contribution in [0, 0.1) is 5.41 Å². The van der Waals surface area contributed by atoms with Gasteiger partial charge in [-0.25, -0.2) is 0 Å². The minimum absolute atomic E-state index is 0.472. The molecule has 3 nitrogen and oxygen atoms in total. The lowest BCUT2D eigenvalue weighted by Gasteiger charge is -2.37. The van der Waals surface area contributed by atoms with Gasteiger partial charge in [0.2, 0.25) is 0 Å². The van der Waals surface area contributed by atoms with Crippen LogP contribution in [0.25, 0.3) is 0 Å². The summed E-state index contributed by atoms with van der Waals surface area (Å²) in [7, 11) is 3.37. The molecule has 0 amide bonds. The topological polar surface area (TPSA) is 44.5 Å². The zero-order valence-corrected chi connectivity index (χ0v) is 13.5. The van der Waals surface area contributed by atoms with Crippen LogP contribution in [-0.4, -0.2) is 20.8 Å². The van der Waals surface area contributed by atoms with Gasteiger partial charge in [0.05, 0.1) is 14.2 Å². The number of aryl methyl sites for hydroxylation is 1. The van der Waals surface area contributed by atoms with Gasteiger partial charge >= 0.3 is 0 Å². The average Bonchev–Trinajstić information content (AvgIpc) is 2.54. The molecule has 1 aromatic rings. The molecular formula is C18H29NO2. The number of ether oxygens (including phenoxy) is 2. The number of benzene rings is 1. The molecule has 0 aliphatic heterocycles. The zero-order chi connectivity index (χ0) is 15.1. The Bertz CT molecular complexity index is 433. The first-order valence-electron chi connectivity index (χ1n) is 8.14. The molecule has 1 aromatic carbocycles. The van der Waals surface area contributed by atoms with Crippen LogP contribution in [0.4, 0.5) is 0 Å². The van der Waals surface area contributed by atoms with Crippen LogP contribution >= 0.6 is 0 Å². The lowest BCUT2D eigenvalue weighted by molar-refractivity contribution is 0.161. The highest BCUT2D eigenvalue weighted by Crippen LogP contribution is 2.43. The average molecular weight is 291 g/mol. The largest absolute Gasteiger partial charge is 0.493 e. The second-order valence-corrected chi connectivity index (χ2v) is 6.29. The van der Waals surface area contributed by atoms with Gasteiger partial charge in [-0.1, -0.05) is 25.3 Å². The van der Waals surface area contributed by atoms with Crippen molar-refractivity contribution in [3.8, 4) is 11.5 Å². The highest BCUT2D eigenvalue weighted by Gasteiger charge is 2.30. The van der Waals surface area contributed by atoms with E-state index in [0.717, 1.165) is 24.5 Å². The summed E-state index contributed by atoms with van der Waals surface area (Å²) < 4.78 is 10.7. The molecule has 2 rings (SSSR count). The van der Waals surface area contributed by atoms with Crippen molar-refractivity contribution < 1.29 is 9.47 Å². The third-order valence-electron chi connectivity index (χ3n) is 4.98. The van der Waals surface area contributed by atoms with E-state index in [1.807, 2.05) is 6.07 Å². The second kappa shape index (κ2) is 7.69. The molecule has 0 unspecified atom stereocenters. The highest BCUT2D eigenvalue weighted by molar-refractivity contribution is 5.42. The molecule has 1 aliphatic carbocycles. The molecule has 1 fully saturated rings. The number of rotatable bonds is 7.